The topological polar surface area (TPSA) is 75.7 Å². The first kappa shape index (κ1) is 22.5. The van der Waals surface area contributed by atoms with Gasteiger partial charge in [0.15, 0.2) is 6.10 Å². The zero-order valence-corrected chi connectivity index (χ0v) is 19.9. The molecule has 0 saturated heterocycles. The third-order valence-corrected chi connectivity index (χ3v) is 8.25. The molecular formula is C27H28N2O4S. The van der Waals surface area contributed by atoms with Gasteiger partial charge in [0.05, 0.1) is 24.0 Å². The van der Waals surface area contributed by atoms with Crippen molar-refractivity contribution < 1.29 is 17.9 Å². The number of amides is 1. The van der Waals surface area contributed by atoms with Gasteiger partial charge in [-0.15, -0.1) is 0 Å². The van der Waals surface area contributed by atoms with Gasteiger partial charge in [0.25, 0.3) is 5.91 Å². The molecule has 0 spiro atoms. The van der Waals surface area contributed by atoms with Crippen LogP contribution in [0.4, 0.5) is 5.69 Å². The summed E-state index contributed by atoms with van der Waals surface area (Å²) in [4.78, 5) is 13.2. The first-order chi connectivity index (χ1) is 16.4. The van der Waals surface area contributed by atoms with Gasteiger partial charge >= 0.3 is 0 Å². The summed E-state index contributed by atoms with van der Waals surface area (Å²) < 4.78 is 34.0. The van der Waals surface area contributed by atoms with E-state index < -0.39 is 16.1 Å². The van der Waals surface area contributed by atoms with Crippen molar-refractivity contribution in [2.45, 2.75) is 44.1 Å². The molecular weight excluding hydrogens is 448 g/mol. The summed E-state index contributed by atoms with van der Waals surface area (Å²) in [5.41, 5.74) is 4.92. The lowest BCUT2D eigenvalue weighted by molar-refractivity contribution is -0.128. The summed E-state index contributed by atoms with van der Waals surface area (Å²) in [5, 5.41) is 3.02. The predicted molar refractivity (Wildman–Crippen MR) is 132 cm³/mol. The molecule has 1 heterocycles. The van der Waals surface area contributed by atoms with Crippen molar-refractivity contribution in [2.75, 3.05) is 10.8 Å². The Morgan fingerprint density at radius 1 is 1.03 bits per heavy atom. The lowest BCUT2D eigenvalue weighted by Gasteiger charge is -2.35. The van der Waals surface area contributed by atoms with Crippen molar-refractivity contribution in [3.63, 3.8) is 0 Å². The minimum absolute atomic E-state index is 0.0745. The highest BCUT2D eigenvalue weighted by molar-refractivity contribution is 7.92. The van der Waals surface area contributed by atoms with Gasteiger partial charge in [0.1, 0.15) is 5.75 Å². The first-order valence-electron chi connectivity index (χ1n) is 11.6. The van der Waals surface area contributed by atoms with Crippen LogP contribution < -0.4 is 14.4 Å². The van der Waals surface area contributed by atoms with Gasteiger partial charge in [-0.1, -0.05) is 60.7 Å². The Kier molecular flexibility index (Phi) is 6.04. The van der Waals surface area contributed by atoms with Gasteiger partial charge in [-0.2, -0.15) is 0 Å². The molecule has 0 bridgehead atoms. The predicted octanol–water partition coefficient (Wildman–Crippen LogP) is 4.15. The summed E-state index contributed by atoms with van der Waals surface area (Å²) >= 11 is 0. The van der Waals surface area contributed by atoms with Crippen LogP contribution in [0.15, 0.2) is 72.8 Å². The van der Waals surface area contributed by atoms with E-state index in [0.717, 1.165) is 18.4 Å². The molecule has 34 heavy (non-hydrogen) atoms. The lowest BCUT2D eigenvalue weighted by atomic mass is 10.0. The van der Waals surface area contributed by atoms with Gasteiger partial charge in [0, 0.05) is 0 Å². The average molecular weight is 477 g/mol. The van der Waals surface area contributed by atoms with Crippen LogP contribution in [0.25, 0.3) is 0 Å². The van der Waals surface area contributed by atoms with E-state index in [2.05, 4.69) is 23.5 Å². The van der Waals surface area contributed by atoms with Gasteiger partial charge in [-0.3, -0.25) is 9.10 Å². The molecule has 3 aromatic carbocycles. The summed E-state index contributed by atoms with van der Waals surface area (Å²) in [7, 11) is -3.73. The maximum atomic E-state index is 13.4. The number of ether oxygens (including phenoxy) is 1. The molecule has 0 fully saturated rings. The zero-order chi connectivity index (χ0) is 23.7. The number of para-hydroxylation sites is 2. The molecule has 5 rings (SSSR count). The van der Waals surface area contributed by atoms with Crippen LogP contribution in [0.5, 0.6) is 5.75 Å². The summed E-state index contributed by atoms with van der Waals surface area (Å²) in [6.07, 6.45) is 2.40. The second-order valence-corrected chi connectivity index (χ2v) is 10.9. The zero-order valence-electron chi connectivity index (χ0n) is 19.1. The molecule has 176 valence electrons. The number of benzene rings is 3. The molecule has 2 aliphatic rings. The van der Waals surface area contributed by atoms with Crippen LogP contribution in [-0.4, -0.2) is 27.0 Å². The lowest BCUT2D eigenvalue weighted by Crippen LogP contribution is -2.51. The number of rotatable bonds is 6. The number of nitrogens with zero attached hydrogens (tertiary/aromatic N) is 1. The van der Waals surface area contributed by atoms with Crippen molar-refractivity contribution in [3.05, 3.63) is 95.1 Å². The Hall–Kier alpha value is -3.32. The molecule has 2 unspecified atom stereocenters. The standard InChI is InChI=1S/C27H28N2O4S/c1-19(22-15-14-21-10-7-11-23(21)16-22)28-27(30)26-17-29(24-12-5-6-13-25(24)33-26)34(31,32)18-20-8-3-2-4-9-20/h2-6,8-9,12-16,19,26H,7,10-11,17-18H2,1H3,(H,28,30). The van der Waals surface area contributed by atoms with E-state index in [9.17, 15) is 13.2 Å². The van der Waals surface area contributed by atoms with Crippen LogP contribution in [0.1, 0.15) is 41.6 Å². The highest BCUT2D eigenvalue weighted by Crippen LogP contribution is 2.36. The van der Waals surface area contributed by atoms with E-state index in [0.29, 0.717) is 17.0 Å². The third kappa shape index (κ3) is 4.53. The molecule has 0 saturated carbocycles. The maximum Gasteiger partial charge on any atom is 0.263 e. The quantitative estimate of drug-likeness (QED) is 0.580. The number of nitrogens with one attached hydrogen (secondary N) is 1. The Morgan fingerprint density at radius 3 is 2.59 bits per heavy atom. The SMILES string of the molecule is CC(NC(=O)C1CN(S(=O)(=O)Cc2ccccc2)c2ccccc2O1)c1ccc2c(c1)CCC2. The molecule has 1 amide bonds. The van der Waals surface area contributed by atoms with E-state index in [1.54, 1.807) is 36.4 Å². The molecule has 3 aromatic rings. The van der Waals surface area contributed by atoms with Gasteiger partial charge in [-0.25, -0.2) is 8.42 Å². The van der Waals surface area contributed by atoms with Gasteiger partial charge < -0.3 is 10.1 Å². The maximum absolute atomic E-state index is 13.4. The van der Waals surface area contributed by atoms with E-state index in [-0.39, 0.29) is 24.2 Å². The fourth-order valence-electron chi connectivity index (χ4n) is 4.72. The van der Waals surface area contributed by atoms with Crippen molar-refractivity contribution in [1.82, 2.24) is 5.32 Å². The molecule has 1 aliphatic heterocycles. The van der Waals surface area contributed by atoms with Crippen molar-refractivity contribution in [3.8, 4) is 5.75 Å². The smallest absolute Gasteiger partial charge is 0.263 e. The minimum Gasteiger partial charge on any atom is -0.476 e. The molecule has 6 nitrogen and oxygen atoms in total. The number of fused-ring (bicyclic) bond motifs is 2. The van der Waals surface area contributed by atoms with Crippen LogP contribution in [0, 0.1) is 0 Å². The largest absolute Gasteiger partial charge is 0.476 e. The number of hydrogen-bond donors (Lipinski definition) is 1. The minimum atomic E-state index is -3.73. The number of anilines is 1. The van der Waals surface area contributed by atoms with Crippen LogP contribution >= 0.6 is 0 Å². The number of sulfonamides is 1. The van der Waals surface area contributed by atoms with E-state index >= 15 is 0 Å². The fraction of sp³-hybridized carbons (Fsp3) is 0.296. The Labute approximate surface area is 200 Å². The van der Waals surface area contributed by atoms with Crippen molar-refractivity contribution >= 4 is 21.6 Å². The van der Waals surface area contributed by atoms with E-state index in [1.807, 2.05) is 25.1 Å². The van der Waals surface area contributed by atoms with Crippen LogP contribution in [0.2, 0.25) is 0 Å². The van der Waals surface area contributed by atoms with Crippen molar-refractivity contribution in [1.29, 1.82) is 0 Å². The monoisotopic (exact) mass is 476 g/mol. The molecule has 2 atom stereocenters. The molecule has 1 N–H and O–H groups in total. The van der Waals surface area contributed by atoms with E-state index in [1.165, 1.54) is 21.9 Å². The number of carbonyl (C=O) groups is 1. The fourth-order valence-corrected chi connectivity index (χ4v) is 6.30. The van der Waals surface area contributed by atoms with Crippen LogP contribution in [0.3, 0.4) is 0 Å². The molecule has 7 heteroatoms. The molecule has 0 aromatic heterocycles. The van der Waals surface area contributed by atoms with Gasteiger partial charge in [0.2, 0.25) is 10.0 Å². The molecule has 0 radical (unpaired) electrons. The van der Waals surface area contributed by atoms with Crippen LogP contribution in [-0.2, 0) is 33.4 Å². The first-order valence-corrected chi connectivity index (χ1v) is 13.2. The molecule has 1 aliphatic carbocycles. The summed E-state index contributed by atoms with van der Waals surface area (Å²) in [5.74, 6) is -0.0969. The second-order valence-electron chi connectivity index (χ2n) is 8.96. The number of aryl methyl sites for hydroxylation is 2. The highest BCUT2D eigenvalue weighted by Gasteiger charge is 2.37. The highest BCUT2D eigenvalue weighted by atomic mass is 32.2. The van der Waals surface area contributed by atoms with E-state index in [4.69, 9.17) is 4.74 Å². The Balaban J connectivity index is 1.36. The Bertz CT molecular complexity index is 1310. The Morgan fingerprint density at radius 2 is 1.76 bits per heavy atom. The average Bonchev–Trinajstić information content (AvgIpc) is 3.31. The number of carbonyl (C=O) groups excluding carboxylic acids is 1. The number of hydrogen-bond acceptors (Lipinski definition) is 4. The van der Waals surface area contributed by atoms with Gasteiger partial charge in [-0.05, 0) is 60.6 Å². The summed E-state index contributed by atoms with van der Waals surface area (Å²) in [6, 6.07) is 22.1. The van der Waals surface area contributed by atoms with Crippen molar-refractivity contribution in [2.24, 2.45) is 0 Å². The normalized spacial score (nSPS) is 17.9. The second kappa shape index (κ2) is 9.14. The third-order valence-electron chi connectivity index (χ3n) is 6.54. The summed E-state index contributed by atoms with van der Waals surface area (Å²) in [6.45, 7) is 1.87.